The fraction of sp³-hybridized carbons (Fsp3) is 0.316. The Labute approximate surface area is 135 Å². The highest BCUT2D eigenvalue weighted by Gasteiger charge is 2.17. The molecule has 3 nitrogen and oxygen atoms in total. The molecule has 1 N–H and O–H groups in total. The number of anilines is 1. The number of aromatic nitrogens is 2. The summed E-state index contributed by atoms with van der Waals surface area (Å²) >= 11 is 0. The van der Waals surface area contributed by atoms with Crippen LogP contribution in [0.1, 0.15) is 19.8 Å². The summed E-state index contributed by atoms with van der Waals surface area (Å²) < 4.78 is 13.3. The summed E-state index contributed by atoms with van der Waals surface area (Å²) in [6.45, 7) is 4.48. The third kappa shape index (κ3) is 2.69. The molecule has 3 heterocycles. The van der Waals surface area contributed by atoms with E-state index in [1.54, 1.807) is 0 Å². The third-order valence-electron chi connectivity index (χ3n) is 4.81. The van der Waals surface area contributed by atoms with Crippen LogP contribution in [0, 0.1) is 11.7 Å². The van der Waals surface area contributed by atoms with Crippen LogP contribution in [-0.2, 0) is 0 Å². The van der Waals surface area contributed by atoms with Crippen molar-refractivity contribution in [1.82, 2.24) is 9.97 Å². The molecule has 118 valence electrons. The van der Waals surface area contributed by atoms with Crippen molar-refractivity contribution in [3.63, 3.8) is 0 Å². The lowest BCUT2D eigenvalue weighted by Gasteiger charge is -2.31. The molecular weight excluding hydrogens is 289 g/mol. The van der Waals surface area contributed by atoms with Crippen molar-refractivity contribution in [2.45, 2.75) is 19.8 Å². The zero-order chi connectivity index (χ0) is 15.8. The Morgan fingerprint density at radius 3 is 2.74 bits per heavy atom. The Morgan fingerprint density at radius 2 is 2.00 bits per heavy atom. The van der Waals surface area contributed by atoms with Crippen LogP contribution in [-0.4, -0.2) is 23.1 Å². The number of benzene rings is 1. The molecule has 4 rings (SSSR count). The van der Waals surface area contributed by atoms with E-state index >= 15 is 0 Å². The maximum absolute atomic E-state index is 13.3. The van der Waals surface area contributed by atoms with Gasteiger partial charge in [-0.2, -0.15) is 0 Å². The summed E-state index contributed by atoms with van der Waals surface area (Å²) in [5.41, 5.74) is 2.93. The second-order valence-corrected chi connectivity index (χ2v) is 6.47. The molecule has 0 unspecified atom stereocenters. The van der Waals surface area contributed by atoms with E-state index in [4.69, 9.17) is 0 Å². The number of nitrogens with one attached hydrogen (secondary N) is 1. The number of hydrogen-bond donors (Lipinski definition) is 1. The lowest BCUT2D eigenvalue weighted by atomic mass is 9.99. The van der Waals surface area contributed by atoms with Crippen molar-refractivity contribution in [2.24, 2.45) is 5.92 Å². The SMILES string of the molecule is CC1CCN(c2ccc(-c3c[nH]c4cc(F)ccc34)cn2)CC1. The van der Waals surface area contributed by atoms with Gasteiger partial charge in [0.05, 0.1) is 0 Å². The molecular formula is C19H20FN3. The van der Waals surface area contributed by atoms with Crippen LogP contribution >= 0.6 is 0 Å². The number of nitrogens with zero attached hydrogens (tertiary/aromatic N) is 2. The van der Waals surface area contributed by atoms with Gasteiger partial charge < -0.3 is 9.88 Å². The molecule has 1 saturated heterocycles. The molecule has 23 heavy (non-hydrogen) atoms. The molecule has 4 heteroatoms. The summed E-state index contributed by atoms with van der Waals surface area (Å²) in [5, 5.41) is 1.02. The zero-order valence-corrected chi connectivity index (χ0v) is 13.2. The summed E-state index contributed by atoms with van der Waals surface area (Å²) in [5.74, 6) is 1.64. The average Bonchev–Trinajstić information content (AvgIpc) is 2.99. The summed E-state index contributed by atoms with van der Waals surface area (Å²) in [6, 6.07) is 9.03. The lowest BCUT2D eigenvalue weighted by molar-refractivity contribution is 0.436. The molecule has 2 aromatic heterocycles. The van der Waals surface area contributed by atoms with E-state index in [0.29, 0.717) is 0 Å². The van der Waals surface area contributed by atoms with Gasteiger partial charge in [0.25, 0.3) is 0 Å². The minimum Gasteiger partial charge on any atom is -0.360 e. The Morgan fingerprint density at radius 1 is 1.17 bits per heavy atom. The molecule has 0 bridgehead atoms. The molecule has 0 radical (unpaired) electrons. The number of fused-ring (bicyclic) bond motifs is 1. The molecule has 0 amide bonds. The van der Waals surface area contributed by atoms with Crippen LogP contribution in [0.4, 0.5) is 10.2 Å². The molecule has 1 aliphatic rings. The van der Waals surface area contributed by atoms with E-state index in [1.165, 1.54) is 25.0 Å². The minimum absolute atomic E-state index is 0.223. The van der Waals surface area contributed by atoms with Gasteiger partial charge in [-0.25, -0.2) is 9.37 Å². The number of halogens is 1. The number of rotatable bonds is 2. The first-order valence-electron chi connectivity index (χ1n) is 8.19. The average molecular weight is 309 g/mol. The largest absolute Gasteiger partial charge is 0.360 e. The van der Waals surface area contributed by atoms with Crippen LogP contribution in [0.2, 0.25) is 0 Å². The van der Waals surface area contributed by atoms with Gasteiger partial charge in [-0.3, -0.25) is 0 Å². The Balaban J connectivity index is 1.62. The van der Waals surface area contributed by atoms with Crippen molar-refractivity contribution >= 4 is 16.7 Å². The maximum Gasteiger partial charge on any atom is 0.128 e. The van der Waals surface area contributed by atoms with Crippen LogP contribution in [0.25, 0.3) is 22.0 Å². The minimum atomic E-state index is -0.223. The summed E-state index contributed by atoms with van der Waals surface area (Å²) in [4.78, 5) is 10.1. The van der Waals surface area contributed by atoms with Crippen molar-refractivity contribution in [2.75, 3.05) is 18.0 Å². The molecule has 0 atom stereocenters. The zero-order valence-electron chi connectivity index (χ0n) is 13.2. The fourth-order valence-corrected chi connectivity index (χ4v) is 3.31. The van der Waals surface area contributed by atoms with E-state index < -0.39 is 0 Å². The normalized spacial score (nSPS) is 16.2. The van der Waals surface area contributed by atoms with Gasteiger partial charge >= 0.3 is 0 Å². The topological polar surface area (TPSA) is 31.9 Å². The molecule has 1 aromatic carbocycles. The monoisotopic (exact) mass is 309 g/mol. The van der Waals surface area contributed by atoms with Gasteiger partial charge in [-0.1, -0.05) is 6.92 Å². The van der Waals surface area contributed by atoms with Crippen molar-refractivity contribution < 1.29 is 4.39 Å². The maximum atomic E-state index is 13.3. The predicted octanol–water partition coefficient (Wildman–Crippen LogP) is 4.61. The quantitative estimate of drug-likeness (QED) is 0.750. The Kier molecular flexibility index (Phi) is 3.52. The van der Waals surface area contributed by atoms with E-state index in [0.717, 1.165) is 46.9 Å². The van der Waals surface area contributed by atoms with Crippen molar-refractivity contribution in [1.29, 1.82) is 0 Å². The van der Waals surface area contributed by atoms with Gasteiger partial charge in [0, 0.05) is 47.5 Å². The number of H-pyrrole nitrogens is 1. The Hall–Kier alpha value is -2.36. The predicted molar refractivity (Wildman–Crippen MR) is 92.1 cm³/mol. The van der Waals surface area contributed by atoms with Crippen LogP contribution in [0.15, 0.2) is 42.7 Å². The molecule has 3 aromatic rings. The first-order chi connectivity index (χ1) is 11.2. The number of hydrogen-bond acceptors (Lipinski definition) is 2. The van der Waals surface area contributed by atoms with Gasteiger partial charge in [0.15, 0.2) is 0 Å². The fourth-order valence-electron chi connectivity index (χ4n) is 3.31. The highest BCUT2D eigenvalue weighted by Crippen LogP contribution is 2.30. The number of piperidine rings is 1. The van der Waals surface area contributed by atoms with Crippen molar-refractivity contribution in [3.05, 3.63) is 48.5 Å². The van der Waals surface area contributed by atoms with Crippen LogP contribution < -0.4 is 4.90 Å². The van der Waals surface area contributed by atoms with E-state index in [9.17, 15) is 4.39 Å². The van der Waals surface area contributed by atoms with E-state index in [1.807, 2.05) is 18.5 Å². The Bertz CT molecular complexity index is 814. The van der Waals surface area contributed by atoms with Gasteiger partial charge in [-0.05, 0) is 49.1 Å². The highest BCUT2D eigenvalue weighted by molar-refractivity contribution is 5.95. The number of pyridine rings is 1. The molecule has 1 fully saturated rings. The standard InChI is InChI=1S/C19H20FN3/c1-13-6-8-23(9-7-13)19-5-2-14(11-22-19)17-12-21-18-10-15(20)3-4-16(17)18/h2-5,10-13,21H,6-9H2,1H3. The second-order valence-electron chi connectivity index (χ2n) is 6.47. The van der Waals surface area contributed by atoms with Gasteiger partial charge in [0.1, 0.15) is 11.6 Å². The highest BCUT2D eigenvalue weighted by atomic mass is 19.1. The summed E-state index contributed by atoms with van der Waals surface area (Å²) in [6.07, 6.45) is 6.30. The molecule has 0 aliphatic carbocycles. The van der Waals surface area contributed by atoms with Gasteiger partial charge in [0.2, 0.25) is 0 Å². The first-order valence-corrected chi connectivity index (χ1v) is 8.19. The molecule has 1 aliphatic heterocycles. The van der Waals surface area contributed by atoms with Crippen LogP contribution in [0.3, 0.4) is 0 Å². The number of aromatic amines is 1. The molecule has 0 saturated carbocycles. The first kappa shape index (κ1) is 14.2. The van der Waals surface area contributed by atoms with Gasteiger partial charge in [-0.15, -0.1) is 0 Å². The van der Waals surface area contributed by atoms with E-state index in [-0.39, 0.29) is 5.82 Å². The van der Waals surface area contributed by atoms with E-state index in [2.05, 4.69) is 33.9 Å². The third-order valence-corrected chi connectivity index (χ3v) is 4.81. The van der Waals surface area contributed by atoms with Crippen LogP contribution in [0.5, 0.6) is 0 Å². The lowest BCUT2D eigenvalue weighted by Crippen LogP contribution is -2.33. The second kappa shape index (κ2) is 5.69. The van der Waals surface area contributed by atoms with Crippen molar-refractivity contribution in [3.8, 4) is 11.1 Å². The summed E-state index contributed by atoms with van der Waals surface area (Å²) in [7, 11) is 0. The molecule has 0 spiro atoms. The smallest absolute Gasteiger partial charge is 0.128 e.